The van der Waals surface area contributed by atoms with Gasteiger partial charge >= 0.3 is 0 Å². The monoisotopic (exact) mass is 341 g/mol. The van der Waals surface area contributed by atoms with Crippen LogP contribution in [0.15, 0.2) is 66.7 Å². The Labute approximate surface area is 152 Å². The first kappa shape index (κ1) is 16.3. The third-order valence-electron chi connectivity index (χ3n) is 4.85. The molecule has 3 nitrogen and oxygen atoms in total. The molecular formula is C23H19NO2. The largest absolute Gasteiger partial charge is 0.378 e. The highest BCUT2D eigenvalue weighted by molar-refractivity contribution is 6.26. The van der Waals surface area contributed by atoms with Crippen molar-refractivity contribution in [2.75, 3.05) is 19.0 Å². The van der Waals surface area contributed by atoms with E-state index in [1.54, 1.807) is 6.07 Å². The van der Waals surface area contributed by atoms with Gasteiger partial charge in [-0.25, -0.2) is 0 Å². The number of benzene rings is 3. The van der Waals surface area contributed by atoms with Crippen LogP contribution in [0, 0.1) is 0 Å². The number of Topliss-reactive ketones (excluding diaryl/α,β-unsaturated/α-hetero) is 1. The summed E-state index contributed by atoms with van der Waals surface area (Å²) in [7, 11) is 3.95. The number of carbonyl (C=O) groups is 2. The molecule has 128 valence electrons. The van der Waals surface area contributed by atoms with Crippen molar-refractivity contribution >= 4 is 17.3 Å². The van der Waals surface area contributed by atoms with E-state index < -0.39 is 0 Å². The maximum absolute atomic E-state index is 13.0. The van der Waals surface area contributed by atoms with Gasteiger partial charge in [0.2, 0.25) is 0 Å². The molecule has 0 fully saturated rings. The van der Waals surface area contributed by atoms with Crippen molar-refractivity contribution in [3.8, 4) is 11.1 Å². The van der Waals surface area contributed by atoms with Crippen molar-refractivity contribution in [2.45, 2.75) is 6.42 Å². The lowest BCUT2D eigenvalue weighted by molar-refractivity contribution is 0.0977. The second-order valence-corrected chi connectivity index (χ2v) is 6.77. The average Bonchev–Trinajstić information content (AvgIpc) is 2.95. The van der Waals surface area contributed by atoms with Crippen molar-refractivity contribution in [1.82, 2.24) is 0 Å². The van der Waals surface area contributed by atoms with Gasteiger partial charge in [0, 0.05) is 42.9 Å². The summed E-state index contributed by atoms with van der Waals surface area (Å²) >= 11 is 0. The van der Waals surface area contributed by atoms with Gasteiger partial charge in [-0.3, -0.25) is 9.59 Å². The summed E-state index contributed by atoms with van der Waals surface area (Å²) in [5.41, 5.74) is 5.51. The van der Waals surface area contributed by atoms with Crippen LogP contribution in [0.25, 0.3) is 11.1 Å². The van der Waals surface area contributed by atoms with Gasteiger partial charge in [0.05, 0.1) is 0 Å². The number of rotatable bonds is 4. The Balaban J connectivity index is 1.71. The summed E-state index contributed by atoms with van der Waals surface area (Å²) in [6, 6.07) is 21.0. The maximum atomic E-state index is 13.0. The summed E-state index contributed by atoms with van der Waals surface area (Å²) in [5, 5.41) is 0. The van der Waals surface area contributed by atoms with Crippen LogP contribution in [0.4, 0.5) is 5.69 Å². The fourth-order valence-corrected chi connectivity index (χ4v) is 3.53. The number of fused-ring (bicyclic) bond motifs is 3. The zero-order valence-corrected chi connectivity index (χ0v) is 14.8. The van der Waals surface area contributed by atoms with E-state index >= 15 is 0 Å². The fourth-order valence-electron chi connectivity index (χ4n) is 3.53. The molecule has 0 heterocycles. The number of hydrogen-bond acceptors (Lipinski definition) is 3. The van der Waals surface area contributed by atoms with Gasteiger partial charge in [0.15, 0.2) is 11.6 Å². The number of carbonyl (C=O) groups excluding carboxylic acids is 2. The van der Waals surface area contributed by atoms with E-state index in [9.17, 15) is 9.59 Å². The van der Waals surface area contributed by atoms with Gasteiger partial charge in [-0.2, -0.15) is 0 Å². The van der Waals surface area contributed by atoms with Gasteiger partial charge in [0.1, 0.15) is 0 Å². The summed E-state index contributed by atoms with van der Waals surface area (Å²) in [6.45, 7) is 0. The highest BCUT2D eigenvalue weighted by atomic mass is 16.1. The molecule has 0 saturated carbocycles. The van der Waals surface area contributed by atoms with E-state index in [1.807, 2.05) is 79.7 Å². The molecule has 3 heteroatoms. The Morgan fingerprint density at radius 1 is 0.846 bits per heavy atom. The van der Waals surface area contributed by atoms with E-state index in [0.29, 0.717) is 16.7 Å². The third kappa shape index (κ3) is 2.62. The van der Waals surface area contributed by atoms with Crippen LogP contribution in [-0.4, -0.2) is 25.7 Å². The Bertz CT molecular complexity index is 1030. The van der Waals surface area contributed by atoms with Crippen LogP contribution in [0.1, 0.15) is 31.8 Å². The topological polar surface area (TPSA) is 37.4 Å². The predicted molar refractivity (Wildman–Crippen MR) is 104 cm³/mol. The summed E-state index contributed by atoms with van der Waals surface area (Å²) in [4.78, 5) is 27.8. The van der Waals surface area contributed by atoms with Crippen molar-refractivity contribution in [3.05, 3.63) is 89.0 Å². The Morgan fingerprint density at radius 3 is 2.31 bits per heavy atom. The van der Waals surface area contributed by atoms with Crippen molar-refractivity contribution in [1.29, 1.82) is 0 Å². The third-order valence-corrected chi connectivity index (χ3v) is 4.85. The molecule has 1 aliphatic carbocycles. The number of anilines is 1. The van der Waals surface area contributed by atoms with E-state index in [2.05, 4.69) is 0 Å². The lowest BCUT2D eigenvalue weighted by atomic mass is 9.94. The van der Waals surface area contributed by atoms with Crippen LogP contribution in [0.5, 0.6) is 0 Å². The first-order chi connectivity index (χ1) is 12.6. The molecule has 0 aromatic heterocycles. The normalized spacial score (nSPS) is 11.8. The minimum atomic E-state index is -0.0541. The quantitative estimate of drug-likeness (QED) is 0.517. The lowest BCUT2D eigenvalue weighted by Crippen LogP contribution is -2.11. The van der Waals surface area contributed by atoms with E-state index in [0.717, 1.165) is 22.4 Å². The van der Waals surface area contributed by atoms with Crippen molar-refractivity contribution in [2.24, 2.45) is 0 Å². The van der Waals surface area contributed by atoms with Gasteiger partial charge in [0.25, 0.3) is 0 Å². The molecule has 0 amide bonds. The molecule has 3 aromatic rings. The molecule has 0 aliphatic heterocycles. The van der Waals surface area contributed by atoms with Gasteiger partial charge in [-0.1, -0.05) is 54.6 Å². The number of nitrogens with zero attached hydrogens (tertiary/aromatic N) is 1. The van der Waals surface area contributed by atoms with E-state index in [4.69, 9.17) is 0 Å². The molecule has 4 rings (SSSR count). The van der Waals surface area contributed by atoms with Crippen molar-refractivity contribution < 1.29 is 9.59 Å². The van der Waals surface area contributed by atoms with E-state index in [-0.39, 0.29) is 18.0 Å². The molecule has 0 bridgehead atoms. The lowest BCUT2D eigenvalue weighted by Gasteiger charge is -2.13. The van der Waals surface area contributed by atoms with Gasteiger partial charge in [-0.15, -0.1) is 0 Å². The molecule has 0 atom stereocenters. The first-order valence-corrected chi connectivity index (χ1v) is 8.63. The molecular weight excluding hydrogens is 322 g/mol. The zero-order valence-electron chi connectivity index (χ0n) is 14.8. The molecule has 3 aromatic carbocycles. The smallest absolute Gasteiger partial charge is 0.195 e. The number of ketones is 2. The minimum Gasteiger partial charge on any atom is -0.378 e. The highest BCUT2D eigenvalue weighted by Gasteiger charge is 2.30. The fraction of sp³-hybridized carbons (Fsp3) is 0.130. The van der Waals surface area contributed by atoms with E-state index in [1.165, 1.54) is 0 Å². The average molecular weight is 341 g/mol. The summed E-state index contributed by atoms with van der Waals surface area (Å²) < 4.78 is 0. The minimum absolute atomic E-state index is 0.0288. The van der Waals surface area contributed by atoms with Crippen LogP contribution < -0.4 is 4.90 Å². The molecule has 1 aliphatic rings. The SMILES string of the molecule is CN(C)c1cccc(CC(=O)c2cccc3c2C(=O)c2ccccc2-3)c1. The molecule has 0 unspecified atom stereocenters. The van der Waals surface area contributed by atoms with Crippen LogP contribution in [-0.2, 0) is 6.42 Å². The second-order valence-electron chi connectivity index (χ2n) is 6.77. The molecule has 0 N–H and O–H groups in total. The first-order valence-electron chi connectivity index (χ1n) is 8.63. The van der Waals surface area contributed by atoms with Crippen LogP contribution in [0.3, 0.4) is 0 Å². The van der Waals surface area contributed by atoms with Crippen LogP contribution >= 0.6 is 0 Å². The van der Waals surface area contributed by atoms with Crippen LogP contribution in [0.2, 0.25) is 0 Å². The molecule has 0 spiro atoms. The van der Waals surface area contributed by atoms with Crippen molar-refractivity contribution in [3.63, 3.8) is 0 Å². The highest BCUT2D eigenvalue weighted by Crippen LogP contribution is 2.38. The summed E-state index contributed by atoms with van der Waals surface area (Å²) in [6.07, 6.45) is 0.280. The molecule has 26 heavy (non-hydrogen) atoms. The zero-order chi connectivity index (χ0) is 18.3. The number of hydrogen-bond donors (Lipinski definition) is 0. The standard InChI is InChI=1S/C23H19NO2/c1-24(2)16-8-5-7-15(13-16)14-21(25)20-12-6-11-18-17-9-3-4-10-19(17)23(26)22(18)20/h3-13H,14H2,1-2H3. The second kappa shape index (κ2) is 6.26. The maximum Gasteiger partial charge on any atom is 0.195 e. The van der Waals surface area contributed by atoms with Gasteiger partial charge < -0.3 is 4.90 Å². The molecule has 0 radical (unpaired) electrons. The summed E-state index contributed by atoms with van der Waals surface area (Å²) in [5.74, 6) is -0.0829. The Kier molecular flexibility index (Phi) is 3.92. The molecule has 0 saturated heterocycles. The Hall–Kier alpha value is -3.20. The Morgan fingerprint density at radius 2 is 1.54 bits per heavy atom. The predicted octanol–water partition coefficient (Wildman–Crippen LogP) is 4.39. The van der Waals surface area contributed by atoms with Gasteiger partial charge in [-0.05, 0) is 28.8 Å².